The second-order valence-electron chi connectivity index (χ2n) is 5.80. The van der Waals surface area contributed by atoms with Crippen LogP contribution in [0.1, 0.15) is 17.4 Å². The number of aryl methyl sites for hydroxylation is 1. The predicted molar refractivity (Wildman–Crippen MR) is 102 cm³/mol. The van der Waals surface area contributed by atoms with Crippen molar-refractivity contribution in [3.8, 4) is 0 Å². The smallest absolute Gasteiger partial charge is 0.267 e. The number of benzene rings is 2. The lowest BCUT2D eigenvalue weighted by atomic mass is 10.2. The molecule has 0 radical (unpaired) electrons. The Morgan fingerprint density at radius 3 is 2.42 bits per heavy atom. The maximum absolute atomic E-state index is 12.5. The van der Waals surface area contributed by atoms with Gasteiger partial charge in [0.25, 0.3) is 5.91 Å². The first-order chi connectivity index (χ1) is 12.5. The highest BCUT2D eigenvalue weighted by Gasteiger charge is 2.15. The van der Waals surface area contributed by atoms with Crippen molar-refractivity contribution in [2.45, 2.75) is 18.4 Å². The molecule has 2 aromatic carbocycles. The SMILES string of the molecule is CCn1c(C(=O)NCCNS(=O)(=O)c2ccccc2)cc2ccccc21. The van der Waals surface area contributed by atoms with E-state index in [1.165, 1.54) is 12.1 Å². The molecule has 0 aliphatic heterocycles. The normalized spacial score (nSPS) is 11.6. The molecule has 7 heteroatoms. The first-order valence-electron chi connectivity index (χ1n) is 8.44. The van der Waals surface area contributed by atoms with Crippen molar-refractivity contribution in [3.63, 3.8) is 0 Å². The Labute approximate surface area is 152 Å². The summed E-state index contributed by atoms with van der Waals surface area (Å²) in [6, 6.07) is 17.8. The van der Waals surface area contributed by atoms with Gasteiger partial charge in [0, 0.05) is 30.5 Å². The van der Waals surface area contributed by atoms with Crippen LogP contribution in [0.25, 0.3) is 10.9 Å². The molecule has 0 aliphatic carbocycles. The molecule has 3 aromatic rings. The number of carbonyl (C=O) groups is 1. The second-order valence-corrected chi connectivity index (χ2v) is 7.57. The molecule has 2 N–H and O–H groups in total. The number of rotatable bonds is 7. The van der Waals surface area contributed by atoms with E-state index >= 15 is 0 Å². The molecule has 1 amide bonds. The van der Waals surface area contributed by atoms with Gasteiger partial charge in [-0.2, -0.15) is 0 Å². The van der Waals surface area contributed by atoms with E-state index in [2.05, 4.69) is 10.0 Å². The monoisotopic (exact) mass is 371 g/mol. The molecular formula is C19H21N3O3S. The number of para-hydroxylation sites is 1. The Morgan fingerprint density at radius 2 is 1.69 bits per heavy atom. The van der Waals surface area contributed by atoms with Gasteiger partial charge in [0.05, 0.1) is 4.90 Å². The van der Waals surface area contributed by atoms with Crippen LogP contribution in [0.4, 0.5) is 0 Å². The minimum absolute atomic E-state index is 0.120. The van der Waals surface area contributed by atoms with Gasteiger partial charge >= 0.3 is 0 Å². The van der Waals surface area contributed by atoms with Crippen LogP contribution in [0.3, 0.4) is 0 Å². The Balaban J connectivity index is 1.61. The fourth-order valence-electron chi connectivity index (χ4n) is 2.87. The highest BCUT2D eigenvalue weighted by Crippen LogP contribution is 2.19. The van der Waals surface area contributed by atoms with Crippen molar-refractivity contribution in [1.82, 2.24) is 14.6 Å². The third-order valence-corrected chi connectivity index (χ3v) is 5.59. The van der Waals surface area contributed by atoms with Crippen molar-refractivity contribution >= 4 is 26.8 Å². The van der Waals surface area contributed by atoms with Crippen LogP contribution in [-0.4, -0.2) is 32.0 Å². The lowest BCUT2D eigenvalue weighted by molar-refractivity contribution is 0.0945. The zero-order valence-electron chi connectivity index (χ0n) is 14.5. The molecule has 1 aromatic heterocycles. The summed E-state index contributed by atoms with van der Waals surface area (Å²) in [4.78, 5) is 12.7. The highest BCUT2D eigenvalue weighted by molar-refractivity contribution is 7.89. The summed E-state index contributed by atoms with van der Waals surface area (Å²) in [6.45, 7) is 2.99. The summed E-state index contributed by atoms with van der Waals surface area (Å²) in [5.41, 5.74) is 1.57. The largest absolute Gasteiger partial charge is 0.349 e. The third kappa shape index (κ3) is 3.79. The number of hydrogen-bond donors (Lipinski definition) is 2. The number of fused-ring (bicyclic) bond motifs is 1. The van der Waals surface area contributed by atoms with Gasteiger partial charge in [0.15, 0.2) is 0 Å². The number of aromatic nitrogens is 1. The molecule has 0 unspecified atom stereocenters. The minimum Gasteiger partial charge on any atom is -0.349 e. The van der Waals surface area contributed by atoms with Crippen LogP contribution in [0.5, 0.6) is 0 Å². The predicted octanol–water partition coefficient (Wildman–Crippen LogP) is 2.37. The number of hydrogen-bond acceptors (Lipinski definition) is 3. The molecule has 0 fully saturated rings. The van der Waals surface area contributed by atoms with E-state index < -0.39 is 10.0 Å². The molecule has 0 saturated carbocycles. The Morgan fingerprint density at radius 1 is 1.00 bits per heavy atom. The van der Waals surface area contributed by atoms with Crippen LogP contribution in [0, 0.1) is 0 Å². The molecule has 1 heterocycles. The summed E-state index contributed by atoms with van der Waals surface area (Å²) in [5.74, 6) is -0.220. The van der Waals surface area contributed by atoms with E-state index in [4.69, 9.17) is 0 Å². The van der Waals surface area contributed by atoms with Crippen LogP contribution < -0.4 is 10.0 Å². The van der Waals surface area contributed by atoms with Gasteiger partial charge in [-0.05, 0) is 31.2 Å². The Hall–Kier alpha value is -2.64. The van der Waals surface area contributed by atoms with Crippen LogP contribution in [0.15, 0.2) is 65.6 Å². The summed E-state index contributed by atoms with van der Waals surface area (Å²) in [5, 5.41) is 3.78. The van der Waals surface area contributed by atoms with Gasteiger partial charge in [-0.1, -0.05) is 36.4 Å². The highest BCUT2D eigenvalue weighted by atomic mass is 32.2. The van der Waals surface area contributed by atoms with E-state index in [1.807, 2.05) is 41.8 Å². The van der Waals surface area contributed by atoms with Crippen molar-refractivity contribution in [2.24, 2.45) is 0 Å². The fourth-order valence-corrected chi connectivity index (χ4v) is 3.93. The van der Waals surface area contributed by atoms with Crippen molar-refractivity contribution in [1.29, 1.82) is 0 Å². The first kappa shape index (κ1) is 18.2. The maximum Gasteiger partial charge on any atom is 0.267 e. The Kier molecular flexibility index (Phi) is 5.39. The molecule has 0 spiro atoms. The fraction of sp³-hybridized carbons (Fsp3) is 0.211. The third-order valence-electron chi connectivity index (χ3n) is 4.12. The lowest BCUT2D eigenvalue weighted by Gasteiger charge is -2.10. The van der Waals surface area contributed by atoms with E-state index in [0.29, 0.717) is 12.2 Å². The zero-order chi connectivity index (χ0) is 18.6. The molecule has 0 bridgehead atoms. The molecule has 0 atom stereocenters. The Bertz CT molecular complexity index is 1010. The van der Waals surface area contributed by atoms with E-state index in [-0.39, 0.29) is 23.9 Å². The molecular weight excluding hydrogens is 350 g/mol. The summed E-state index contributed by atoms with van der Waals surface area (Å²) in [7, 11) is -3.56. The summed E-state index contributed by atoms with van der Waals surface area (Å²) < 4.78 is 28.7. The van der Waals surface area contributed by atoms with Gasteiger partial charge in [-0.15, -0.1) is 0 Å². The van der Waals surface area contributed by atoms with Crippen molar-refractivity contribution in [3.05, 3.63) is 66.4 Å². The standard InChI is InChI=1S/C19H21N3O3S/c1-2-22-17-11-7-6-8-15(17)14-18(22)19(23)20-12-13-21-26(24,25)16-9-4-3-5-10-16/h3-11,14,21H,2,12-13H2,1H3,(H,20,23). The lowest BCUT2D eigenvalue weighted by Crippen LogP contribution is -2.35. The average Bonchev–Trinajstić information content (AvgIpc) is 3.04. The van der Waals surface area contributed by atoms with Gasteiger partial charge < -0.3 is 9.88 Å². The maximum atomic E-state index is 12.5. The van der Waals surface area contributed by atoms with Gasteiger partial charge in [0.1, 0.15) is 5.69 Å². The van der Waals surface area contributed by atoms with Crippen molar-refractivity contribution in [2.75, 3.05) is 13.1 Å². The van der Waals surface area contributed by atoms with E-state index in [9.17, 15) is 13.2 Å². The molecule has 26 heavy (non-hydrogen) atoms. The minimum atomic E-state index is -3.56. The van der Waals surface area contributed by atoms with E-state index in [0.717, 1.165) is 10.9 Å². The number of nitrogens with zero attached hydrogens (tertiary/aromatic N) is 1. The topological polar surface area (TPSA) is 80.2 Å². The number of amides is 1. The second kappa shape index (κ2) is 7.72. The molecule has 0 aliphatic rings. The van der Waals surface area contributed by atoms with Gasteiger partial charge in [-0.25, -0.2) is 13.1 Å². The number of carbonyl (C=O) groups excluding carboxylic acids is 1. The zero-order valence-corrected chi connectivity index (χ0v) is 15.3. The number of sulfonamides is 1. The van der Waals surface area contributed by atoms with Gasteiger partial charge in [0.2, 0.25) is 10.0 Å². The molecule has 3 rings (SSSR count). The molecule has 0 saturated heterocycles. The van der Waals surface area contributed by atoms with Crippen LogP contribution >= 0.6 is 0 Å². The number of nitrogens with one attached hydrogen (secondary N) is 2. The first-order valence-corrected chi connectivity index (χ1v) is 9.92. The molecule has 6 nitrogen and oxygen atoms in total. The quantitative estimate of drug-likeness (QED) is 0.626. The summed E-state index contributed by atoms with van der Waals surface area (Å²) >= 11 is 0. The van der Waals surface area contributed by atoms with Crippen LogP contribution in [-0.2, 0) is 16.6 Å². The van der Waals surface area contributed by atoms with Crippen molar-refractivity contribution < 1.29 is 13.2 Å². The van der Waals surface area contributed by atoms with E-state index in [1.54, 1.807) is 18.2 Å². The van der Waals surface area contributed by atoms with Gasteiger partial charge in [-0.3, -0.25) is 4.79 Å². The molecule has 136 valence electrons. The van der Waals surface area contributed by atoms with Crippen LogP contribution in [0.2, 0.25) is 0 Å². The summed E-state index contributed by atoms with van der Waals surface area (Å²) in [6.07, 6.45) is 0. The average molecular weight is 371 g/mol.